The number of piperazine rings is 1. The van der Waals surface area contributed by atoms with Crippen LogP contribution in [-0.2, 0) is 0 Å². The molecule has 0 unspecified atom stereocenters. The minimum absolute atomic E-state index is 0.0985. The van der Waals surface area contributed by atoms with E-state index in [0.29, 0.717) is 43.2 Å². The van der Waals surface area contributed by atoms with E-state index in [-0.39, 0.29) is 5.91 Å². The van der Waals surface area contributed by atoms with Crippen molar-refractivity contribution < 1.29 is 9.21 Å². The number of amides is 1. The van der Waals surface area contributed by atoms with Crippen LogP contribution in [0.15, 0.2) is 52.9 Å². The van der Waals surface area contributed by atoms with Crippen LogP contribution in [0.3, 0.4) is 0 Å². The van der Waals surface area contributed by atoms with Crippen LogP contribution in [0.5, 0.6) is 0 Å². The van der Waals surface area contributed by atoms with Crippen LogP contribution < -0.4 is 10.6 Å². The summed E-state index contributed by atoms with van der Waals surface area (Å²) in [5.41, 5.74) is 8.46. The minimum Gasteiger partial charge on any atom is -0.451 e. The van der Waals surface area contributed by atoms with Gasteiger partial charge in [0, 0.05) is 37.3 Å². The molecule has 0 spiro atoms. The van der Waals surface area contributed by atoms with E-state index in [1.165, 1.54) is 0 Å². The van der Waals surface area contributed by atoms with E-state index in [0.717, 1.165) is 16.7 Å². The molecule has 0 atom stereocenters. The van der Waals surface area contributed by atoms with Crippen LogP contribution in [0.4, 0.5) is 11.4 Å². The molecule has 1 aromatic heterocycles. The molecule has 2 aromatic carbocycles. The summed E-state index contributed by atoms with van der Waals surface area (Å²) in [6.07, 6.45) is 0. The Hall–Kier alpha value is -3.46. The van der Waals surface area contributed by atoms with Crippen molar-refractivity contribution in [3.63, 3.8) is 0 Å². The fraction of sp³-hybridized carbons (Fsp3) is 0.200. The SMILES string of the molecule is N#Cc1cc(N)ccc1N1CCN(C(=O)c2cc3ccccc3o2)CC1. The van der Waals surface area contributed by atoms with Crippen molar-refractivity contribution in [2.24, 2.45) is 0 Å². The summed E-state index contributed by atoms with van der Waals surface area (Å²) in [6.45, 7) is 2.46. The number of para-hydroxylation sites is 1. The van der Waals surface area contributed by atoms with E-state index in [1.54, 1.807) is 23.1 Å². The summed E-state index contributed by atoms with van der Waals surface area (Å²) in [5, 5.41) is 10.2. The third-order valence-electron chi connectivity index (χ3n) is 4.68. The molecular formula is C20H18N4O2. The number of fused-ring (bicyclic) bond motifs is 1. The van der Waals surface area contributed by atoms with Crippen molar-refractivity contribution in [3.8, 4) is 6.07 Å². The summed E-state index contributed by atoms with van der Waals surface area (Å²) in [6, 6.07) is 16.9. The number of nitrogens with zero attached hydrogens (tertiary/aromatic N) is 3. The van der Waals surface area contributed by atoms with E-state index in [9.17, 15) is 10.1 Å². The van der Waals surface area contributed by atoms with E-state index in [2.05, 4.69) is 11.0 Å². The topological polar surface area (TPSA) is 86.5 Å². The smallest absolute Gasteiger partial charge is 0.289 e. The number of nitriles is 1. The average Bonchev–Trinajstić information content (AvgIpc) is 3.11. The lowest BCUT2D eigenvalue weighted by molar-refractivity contribution is 0.0717. The van der Waals surface area contributed by atoms with E-state index < -0.39 is 0 Å². The van der Waals surface area contributed by atoms with Crippen LogP contribution in [0.25, 0.3) is 11.0 Å². The standard InChI is InChI=1S/C20H18N4O2/c21-13-15-11-16(22)5-6-17(15)23-7-9-24(10-8-23)20(25)19-12-14-3-1-2-4-18(14)26-19/h1-6,11-12H,7-10,22H2. The molecule has 1 fully saturated rings. The van der Waals surface area contributed by atoms with Gasteiger partial charge in [0.15, 0.2) is 5.76 Å². The van der Waals surface area contributed by atoms with Gasteiger partial charge < -0.3 is 20.0 Å². The number of carbonyl (C=O) groups excluding carboxylic acids is 1. The molecule has 0 saturated carbocycles. The fourth-order valence-corrected chi connectivity index (χ4v) is 3.31. The predicted octanol–water partition coefficient (Wildman–Crippen LogP) is 2.85. The first kappa shape index (κ1) is 16.0. The molecular weight excluding hydrogens is 328 g/mol. The maximum atomic E-state index is 12.7. The second-order valence-electron chi connectivity index (χ2n) is 6.32. The molecule has 130 valence electrons. The average molecular weight is 346 g/mol. The Morgan fingerprint density at radius 3 is 2.58 bits per heavy atom. The number of carbonyl (C=O) groups is 1. The van der Waals surface area contributed by atoms with Crippen molar-refractivity contribution in [2.45, 2.75) is 0 Å². The highest BCUT2D eigenvalue weighted by Crippen LogP contribution is 2.25. The molecule has 1 aliphatic heterocycles. The van der Waals surface area contributed by atoms with Crippen LogP contribution in [0.1, 0.15) is 16.1 Å². The van der Waals surface area contributed by atoms with Gasteiger partial charge in [0.2, 0.25) is 0 Å². The quantitative estimate of drug-likeness (QED) is 0.721. The second kappa shape index (κ2) is 6.45. The predicted molar refractivity (Wildman–Crippen MR) is 99.9 cm³/mol. The van der Waals surface area contributed by atoms with Gasteiger partial charge in [-0.05, 0) is 30.3 Å². The molecule has 2 heterocycles. The fourth-order valence-electron chi connectivity index (χ4n) is 3.31. The van der Waals surface area contributed by atoms with Crippen molar-refractivity contribution in [1.82, 2.24) is 4.90 Å². The Labute approximate surface area is 151 Å². The zero-order chi connectivity index (χ0) is 18.1. The van der Waals surface area contributed by atoms with Crippen LogP contribution in [-0.4, -0.2) is 37.0 Å². The van der Waals surface area contributed by atoms with Gasteiger partial charge in [0.05, 0.1) is 11.3 Å². The summed E-state index contributed by atoms with van der Waals surface area (Å²) in [4.78, 5) is 16.6. The van der Waals surface area contributed by atoms with Crippen LogP contribution >= 0.6 is 0 Å². The van der Waals surface area contributed by atoms with E-state index in [1.807, 2.05) is 30.3 Å². The van der Waals surface area contributed by atoms with Crippen molar-refractivity contribution in [2.75, 3.05) is 36.8 Å². The lowest BCUT2D eigenvalue weighted by atomic mass is 10.1. The molecule has 3 aromatic rings. The minimum atomic E-state index is -0.0985. The zero-order valence-corrected chi connectivity index (χ0v) is 14.2. The molecule has 0 aliphatic carbocycles. The molecule has 4 rings (SSSR count). The first-order valence-corrected chi connectivity index (χ1v) is 8.48. The molecule has 2 N–H and O–H groups in total. The maximum Gasteiger partial charge on any atom is 0.289 e. The normalized spacial score (nSPS) is 14.4. The monoisotopic (exact) mass is 346 g/mol. The molecule has 1 aliphatic rings. The van der Waals surface area contributed by atoms with E-state index >= 15 is 0 Å². The largest absolute Gasteiger partial charge is 0.451 e. The van der Waals surface area contributed by atoms with Gasteiger partial charge >= 0.3 is 0 Å². The number of anilines is 2. The lowest BCUT2D eigenvalue weighted by Crippen LogP contribution is -2.49. The first-order chi connectivity index (χ1) is 12.7. The van der Waals surface area contributed by atoms with Gasteiger partial charge in [-0.25, -0.2) is 0 Å². The molecule has 6 nitrogen and oxygen atoms in total. The number of hydrogen-bond acceptors (Lipinski definition) is 5. The lowest BCUT2D eigenvalue weighted by Gasteiger charge is -2.36. The van der Waals surface area contributed by atoms with Gasteiger partial charge in [-0.15, -0.1) is 0 Å². The van der Waals surface area contributed by atoms with Crippen molar-refractivity contribution in [3.05, 3.63) is 59.9 Å². The number of nitrogens with two attached hydrogens (primary N) is 1. The molecule has 1 amide bonds. The van der Waals surface area contributed by atoms with Gasteiger partial charge in [-0.2, -0.15) is 5.26 Å². The number of nitrogen functional groups attached to an aromatic ring is 1. The first-order valence-electron chi connectivity index (χ1n) is 8.48. The molecule has 0 bridgehead atoms. The number of benzene rings is 2. The molecule has 1 saturated heterocycles. The third-order valence-corrected chi connectivity index (χ3v) is 4.68. The highest BCUT2D eigenvalue weighted by molar-refractivity contribution is 5.96. The van der Waals surface area contributed by atoms with Gasteiger partial charge in [0.1, 0.15) is 11.7 Å². The van der Waals surface area contributed by atoms with Gasteiger partial charge in [-0.1, -0.05) is 18.2 Å². The van der Waals surface area contributed by atoms with Crippen molar-refractivity contribution >= 4 is 28.3 Å². The Morgan fingerprint density at radius 1 is 1.08 bits per heavy atom. The van der Waals surface area contributed by atoms with Gasteiger partial charge in [-0.3, -0.25) is 4.79 Å². The molecule has 6 heteroatoms. The van der Waals surface area contributed by atoms with Crippen molar-refractivity contribution in [1.29, 1.82) is 5.26 Å². The number of hydrogen-bond donors (Lipinski definition) is 1. The second-order valence-corrected chi connectivity index (χ2v) is 6.32. The number of rotatable bonds is 2. The maximum absolute atomic E-state index is 12.7. The van der Waals surface area contributed by atoms with Crippen LogP contribution in [0, 0.1) is 11.3 Å². The Bertz CT molecular complexity index is 977. The third kappa shape index (κ3) is 2.84. The summed E-state index contributed by atoms with van der Waals surface area (Å²) in [7, 11) is 0. The van der Waals surface area contributed by atoms with E-state index in [4.69, 9.17) is 10.2 Å². The highest BCUT2D eigenvalue weighted by Gasteiger charge is 2.25. The summed E-state index contributed by atoms with van der Waals surface area (Å²) in [5.74, 6) is 0.267. The summed E-state index contributed by atoms with van der Waals surface area (Å²) < 4.78 is 5.68. The number of furan rings is 1. The molecule has 26 heavy (non-hydrogen) atoms. The highest BCUT2D eigenvalue weighted by atomic mass is 16.3. The Morgan fingerprint density at radius 2 is 1.85 bits per heavy atom. The van der Waals surface area contributed by atoms with Gasteiger partial charge in [0.25, 0.3) is 5.91 Å². The Balaban J connectivity index is 1.48. The zero-order valence-electron chi connectivity index (χ0n) is 14.2. The van der Waals surface area contributed by atoms with Crippen LogP contribution in [0.2, 0.25) is 0 Å². The summed E-state index contributed by atoms with van der Waals surface area (Å²) >= 11 is 0. The molecule has 0 radical (unpaired) electrons. The Kier molecular flexibility index (Phi) is 3.98.